The highest BCUT2D eigenvalue weighted by Crippen LogP contribution is 2.40. The molecule has 0 saturated carbocycles. The second kappa shape index (κ2) is 12.3. The van der Waals surface area contributed by atoms with Crippen LogP contribution in [0.15, 0.2) is 78.4 Å². The first kappa shape index (κ1) is 27.4. The molecule has 3 aromatic carbocycles. The van der Waals surface area contributed by atoms with Crippen LogP contribution in [0.4, 0.5) is 0 Å². The lowest BCUT2D eigenvalue weighted by atomic mass is 9.94. The highest BCUT2D eigenvalue weighted by molar-refractivity contribution is 6.46. The summed E-state index contributed by atoms with van der Waals surface area (Å²) in [5, 5.41) is 12.0. The molecule has 1 unspecified atom stereocenters. The molecule has 4 rings (SSSR count). The third-order valence-corrected chi connectivity index (χ3v) is 7.23. The van der Waals surface area contributed by atoms with Crippen LogP contribution in [0.1, 0.15) is 42.1 Å². The fourth-order valence-corrected chi connectivity index (χ4v) is 4.89. The van der Waals surface area contributed by atoms with Gasteiger partial charge in [-0.1, -0.05) is 67.9 Å². The lowest BCUT2D eigenvalue weighted by Gasteiger charge is -2.28. The number of aryl methyl sites for hydroxylation is 1. The summed E-state index contributed by atoms with van der Waals surface area (Å²) in [7, 11) is 0. The van der Waals surface area contributed by atoms with Gasteiger partial charge in [0.2, 0.25) is 0 Å². The number of Topliss-reactive ketones (excluding diaryl/α,β-unsaturated/α-hetero) is 1. The van der Waals surface area contributed by atoms with E-state index in [1.54, 1.807) is 41.3 Å². The summed E-state index contributed by atoms with van der Waals surface area (Å²) >= 11 is 6.12. The lowest BCUT2D eigenvalue weighted by molar-refractivity contribution is -0.140. The summed E-state index contributed by atoms with van der Waals surface area (Å²) in [4.78, 5) is 30.3. The van der Waals surface area contributed by atoms with Crippen molar-refractivity contribution in [2.75, 3.05) is 26.2 Å². The number of halogens is 1. The third-order valence-electron chi connectivity index (χ3n) is 6.98. The summed E-state index contributed by atoms with van der Waals surface area (Å²) in [6, 6.07) is 21.5. The van der Waals surface area contributed by atoms with E-state index in [1.165, 1.54) is 0 Å². The minimum Gasteiger partial charge on any atom is -0.507 e. The number of benzene rings is 3. The number of aliphatic hydroxyl groups is 1. The van der Waals surface area contributed by atoms with Crippen LogP contribution in [0.5, 0.6) is 5.75 Å². The molecule has 38 heavy (non-hydrogen) atoms. The summed E-state index contributed by atoms with van der Waals surface area (Å²) in [6.07, 6.45) is 0. The number of ketones is 1. The number of nitrogens with zero attached hydrogens (tertiary/aromatic N) is 2. The zero-order valence-corrected chi connectivity index (χ0v) is 22.7. The van der Waals surface area contributed by atoms with E-state index < -0.39 is 17.7 Å². The second-order valence-electron chi connectivity index (χ2n) is 9.32. The van der Waals surface area contributed by atoms with Crippen molar-refractivity contribution in [2.24, 2.45) is 0 Å². The standard InChI is InChI=1S/C31H33ClN2O4/c1-4-33(5-2)17-18-34-28(23-11-13-24(32)14-12-23)27(30(36)31(34)37)29(35)26-16-15-25(19-21(26)3)38-20-22-9-7-6-8-10-22/h6-16,19,28,35H,4-5,17-18,20H2,1-3H3/b29-27+. The molecule has 1 atom stereocenters. The Morgan fingerprint density at radius 1 is 1.00 bits per heavy atom. The number of aliphatic hydroxyl groups excluding tert-OH is 1. The van der Waals surface area contributed by atoms with Gasteiger partial charge < -0.3 is 19.6 Å². The van der Waals surface area contributed by atoms with Crippen LogP contribution in [0.3, 0.4) is 0 Å². The van der Waals surface area contributed by atoms with Gasteiger partial charge in [-0.05, 0) is 67.0 Å². The predicted octanol–water partition coefficient (Wildman–Crippen LogP) is 5.99. The average molecular weight is 533 g/mol. The van der Waals surface area contributed by atoms with Crippen LogP contribution < -0.4 is 4.74 Å². The van der Waals surface area contributed by atoms with Crippen LogP contribution in [0.2, 0.25) is 5.02 Å². The van der Waals surface area contributed by atoms with Gasteiger partial charge in [0.1, 0.15) is 18.1 Å². The van der Waals surface area contributed by atoms with Crippen molar-refractivity contribution in [2.45, 2.75) is 33.4 Å². The van der Waals surface area contributed by atoms with Gasteiger partial charge in [-0.3, -0.25) is 9.59 Å². The van der Waals surface area contributed by atoms with Gasteiger partial charge >= 0.3 is 0 Å². The van der Waals surface area contributed by atoms with E-state index in [0.29, 0.717) is 36.0 Å². The number of likely N-dealkylation sites (N-methyl/N-ethyl adjacent to an activating group) is 1. The van der Waals surface area contributed by atoms with E-state index >= 15 is 0 Å². The van der Waals surface area contributed by atoms with Crippen molar-refractivity contribution >= 4 is 29.1 Å². The zero-order valence-electron chi connectivity index (χ0n) is 22.0. The Kier molecular flexibility index (Phi) is 8.87. The summed E-state index contributed by atoms with van der Waals surface area (Å²) < 4.78 is 5.92. The van der Waals surface area contributed by atoms with Crippen LogP contribution in [-0.2, 0) is 16.2 Å². The van der Waals surface area contributed by atoms with E-state index in [2.05, 4.69) is 18.7 Å². The number of amides is 1. The largest absolute Gasteiger partial charge is 0.507 e. The zero-order chi connectivity index (χ0) is 27.2. The molecule has 198 valence electrons. The Morgan fingerprint density at radius 2 is 1.68 bits per heavy atom. The van der Waals surface area contributed by atoms with Gasteiger partial charge in [0.25, 0.3) is 11.7 Å². The number of hydrogen-bond donors (Lipinski definition) is 1. The van der Waals surface area contributed by atoms with Crippen molar-refractivity contribution in [1.29, 1.82) is 0 Å². The van der Waals surface area contributed by atoms with E-state index in [-0.39, 0.29) is 11.3 Å². The fourth-order valence-electron chi connectivity index (χ4n) is 4.77. The van der Waals surface area contributed by atoms with Crippen LogP contribution in [0, 0.1) is 6.92 Å². The van der Waals surface area contributed by atoms with Crippen molar-refractivity contribution in [3.05, 3.63) is 106 Å². The molecule has 0 aromatic heterocycles. The maximum absolute atomic E-state index is 13.3. The Labute approximate surface area is 229 Å². The molecule has 0 bridgehead atoms. The average Bonchev–Trinajstić information content (AvgIpc) is 3.18. The van der Waals surface area contributed by atoms with Gasteiger partial charge in [-0.15, -0.1) is 0 Å². The molecule has 6 nitrogen and oxygen atoms in total. The molecular weight excluding hydrogens is 500 g/mol. The summed E-state index contributed by atoms with van der Waals surface area (Å²) in [5.41, 5.74) is 3.06. The second-order valence-corrected chi connectivity index (χ2v) is 9.76. The maximum Gasteiger partial charge on any atom is 0.295 e. The van der Waals surface area contributed by atoms with E-state index in [9.17, 15) is 14.7 Å². The van der Waals surface area contributed by atoms with E-state index in [0.717, 1.165) is 29.8 Å². The first-order valence-corrected chi connectivity index (χ1v) is 13.3. The van der Waals surface area contributed by atoms with Gasteiger partial charge in [-0.2, -0.15) is 0 Å². The molecule has 0 radical (unpaired) electrons. The first-order chi connectivity index (χ1) is 18.3. The first-order valence-electron chi connectivity index (χ1n) is 12.9. The number of carbonyl (C=O) groups excluding carboxylic acids is 2. The Balaban J connectivity index is 1.69. The normalized spacial score (nSPS) is 16.9. The predicted molar refractivity (Wildman–Crippen MR) is 150 cm³/mol. The van der Waals surface area contributed by atoms with E-state index in [1.807, 2.05) is 43.3 Å². The van der Waals surface area contributed by atoms with Crippen molar-refractivity contribution in [3.63, 3.8) is 0 Å². The molecule has 1 aliphatic rings. The minimum absolute atomic E-state index is 0.0814. The van der Waals surface area contributed by atoms with Gasteiger partial charge in [0, 0.05) is 23.7 Å². The van der Waals surface area contributed by atoms with E-state index in [4.69, 9.17) is 16.3 Å². The molecule has 7 heteroatoms. The molecule has 1 amide bonds. The topological polar surface area (TPSA) is 70.1 Å². The van der Waals surface area contributed by atoms with Crippen molar-refractivity contribution in [3.8, 4) is 5.75 Å². The van der Waals surface area contributed by atoms with Gasteiger partial charge in [0.15, 0.2) is 0 Å². The molecule has 1 saturated heterocycles. The molecular formula is C31H33ClN2O4. The van der Waals surface area contributed by atoms with Gasteiger partial charge in [0.05, 0.1) is 11.6 Å². The molecule has 1 fully saturated rings. The molecule has 1 N–H and O–H groups in total. The quantitative estimate of drug-likeness (QED) is 0.197. The smallest absolute Gasteiger partial charge is 0.295 e. The van der Waals surface area contributed by atoms with Crippen LogP contribution in [-0.4, -0.2) is 52.8 Å². The number of carbonyl (C=O) groups is 2. The van der Waals surface area contributed by atoms with Gasteiger partial charge in [-0.25, -0.2) is 0 Å². The lowest BCUT2D eigenvalue weighted by Crippen LogP contribution is -2.38. The van der Waals surface area contributed by atoms with Crippen LogP contribution >= 0.6 is 11.6 Å². The number of hydrogen-bond acceptors (Lipinski definition) is 5. The molecule has 1 heterocycles. The third kappa shape index (κ3) is 5.93. The summed E-state index contributed by atoms with van der Waals surface area (Å²) in [5.74, 6) is -0.845. The SMILES string of the molecule is CCN(CC)CCN1C(=O)C(=O)/C(=C(/O)c2ccc(OCc3ccccc3)cc2C)C1c1ccc(Cl)cc1. The number of rotatable bonds is 10. The Hall–Kier alpha value is -3.61. The van der Waals surface area contributed by atoms with Crippen LogP contribution in [0.25, 0.3) is 5.76 Å². The van der Waals surface area contributed by atoms with Crippen molar-refractivity contribution < 1.29 is 19.4 Å². The highest BCUT2D eigenvalue weighted by atomic mass is 35.5. The monoisotopic (exact) mass is 532 g/mol. The minimum atomic E-state index is -0.712. The molecule has 1 aliphatic heterocycles. The highest BCUT2D eigenvalue weighted by Gasteiger charge is 2.46. The number of likely N-dealkylation sites (tertiary alicyclic amines) is 1. The molecule has 0 spiro atoms. The summed E-state index contributed by atoms with van der Waals surface area (Å²) in [6.45, 7) is 9.04. The maximum atomic E-state index is 13.3. The Bertz CT molecular complexity index is 1320. The Morgan fingerprint density at radius 3 is 2.32 bits per heavy atom. The fraction of sp³-hybridized carbons (Fsp3) is 0.290. The molecule has 0 aliphatic carbocycles. The number of ether oxygens (including phenoxy) is 1. The van der Waals surface area contributed by atoms with Crippen molar-refractivity contribution in [1.82, 2.24) is 9.80 Å². The molecule has 3 aromatic rings.